The Labute approximate surface area is 116 Å². The predicted octanol–water partition coefficient (Wildman–Crippen LogP) is 3.88. The second-order valence-electron chi connectivity index (χ2n) is 4.97. The Bertz CT molecular complexity index is 532. The van der Waals surface area contributed by atoms with Crippen molar-refractivity contribution in [2.24, 2.45) is 5.92 Å². The van der Waals surface area contributed by atoms with Gasteiger partial charge in [0.25, 0.3) is 0 Å². The third-order valence-electron chi connectivity index (χ3n) is 3.56. The number of benzene rings is 1. The van der Waals surface area contributed by atoms with E-state index < -0.39 is 0 Å². The molecule has 0 radical (unpaired) electrons. The molecule has 1 unspecified atom stereocenters. The maximum absolute atomic E-state index is 6.00. The van der Waals surface area contributed by atoms with Crippen molar-refractivity contribution in [2.75, 3.05) is 13.1 Å². The molecule has 1 saturated heterocycles. The van der Waals surface area contributed by atoms with Crippen molar-refractivity contribution in [1.82, 2.24) is 10.3 Å². The first kappa shape index (κ1) is 12.4. The minimum atomic E-state index is 0.800. The lowest BCUT2D eigenvalue weighted by atomic mass is 9.95. The number of hydrogen-bond acceptors (Lipinski definition) is 3. The zero-order valence-electron chi connectivity index (χ0n) is 10.3. The van der Waals surface area contributed by atoms with E-state index in [2.05, 4.69) is 10.3 Å². The number of hydrogen-bond donors (Lipinski definition) is 1. The van der Waals surface area contributed by atoms with E-state index in [1.807, 2.05) is 18.2 Å². The molecule has 2 aromatic rings. The number of halogens is 1. The van der Waals surface area contributed by atoms with Crippen LogP contribution in [0.2, 0.25) is 5.02 Å². The molecule has 1 atom stereocenters. The normalized spacial score (nSPS) is 20.4. The Morgan fingerprint density at radius 1 is 1.44 bits per heavy atom. The minimum absolute atomic E-state index is 0.800. The summed E-state index contributed by atoms with van der Waals surface area (Å²) < 4.78 is 1.21. The second kappa shape index (κ2) is 5.55. The molecule has 1 aliphatic rings. The molecule has 96 valence electrons. The summed E-state index contributed by atoms with van der Waals surface area (Å²) in [5.41, 5.74) is 1.08. The Morgan fingerprint density at radius 2 is 2.39 bits per heavy atom. The highest BCUT2D eigenvalue weighted by molar-refractivity contribution is 7.18. The molecule has 0 spiro atoms. The average molecular weight is 281 g/mol. The van der Waals surface area contributed by atoms with E-state index in [0.29, 0.717) is 0 Å². The van der Waals surface area contributed by atoms with Gasteiger partial charge >= 0.3 is 0 Å². The number of thiazole rings is 1. The van der Waals surface area contributed by atoms with E-state index in [4.69, 9.17) is 11.6 Å². The first-order valence-corrected chi connectivity index (χ1v) is 7.76. The summed E-state index contributed by atoms with van der Waals surface area (Å²) >= 11 is 7.78. The van der Waals surface area contributed by atoms with Crippen LogP contribution < -0.4 is 5.32 Å². The molecule has 0 amide bonds. The molecule has 1 aliphatic heterocycles. The second-order valence-corrected chi connectivity index (χ2v) is 6.52. The van der Waals surface area contributed by atoms with Crippen LogP contribution in [0, 0.1) is 5.92 Å². The molecule has 0 bridgehead atoms. The van der Waals surface area contributed by atoms with Crippen molar-refractivity contribution >= 4 is 33.2 Å². The maximum atomic E-state index is 6.00. The summed E-state index contributed by atoms with van der Waals surface area (Å²) in [7, 11) is 0. The third kappa shape index (κ3) is 2.85. The van der Waals surface area contributed by atoms with Crippen LogP contribution in [-0.2, 0) is 6.42 Å². The minimum Gasteiger partial charge on any atom is -0.316 e. The third-order valence-corrected chi connectivity index (χ3v) is 4.87. The molecule has 18 heavy (non-hydrogen) atoms. The number of nitrogens with zero attached hydrogens (tertiary/aromatic N) is 1. The fraction of sp³-hybridized carbons (Fsp3) is 0.500. The van der Waals surface area contributed by atoms with Gasteiger partial charge in [-0.05, 0) is 62.9 Å². The molecule has 1 N–H and O–H groups in total. The van der Waals surface area contributed by atoms with E-state index in [-0.39, 0.29) is 0 Å². The van der Waals surface area contributed by atoms with Gasteiger partial charge in [-0.2, -0.15) is 0 Å². The van der Waals surface area contributed by atoms with Gasteiger partial charge in [0.1, 0.15) is 0 Å². The summed E-state index contributed by atoms with van der Waals surface area (Å²) in [4.78, 5) is 4.68. The van der Waals surface area contributed by atoms with Crippen molar-refractivity contribution in [2.45, 2.75) is 25.7 Å². The summed E-state index contributed by atoms with van der Waals surface area (Å²) in [6.45, 7) is 2.37. The topological polar surface area (TPSA) is 24.9 Å². The Morgan fingerprint density at radius 3 is 3.22 bits per heavy atom. The van der Waals surface area contributed by atoms with Gasteiger partial charge < -0.3 is 5.32 Å². The maximum Gasteiger partial charge on any atom is 0.0938 e. The number of aromatic nitrogens is 1. The van der Waals surface area contributed by atoms with Crippen LogP contribution in [0.1, 0.15) is 24.3 Å². The van der Waals surface area contributed by atoms with Crippen molar-refractivity contribution in [1.29, 1.82) is 0 Å². The predicted molar refractivity (Wildman–Crippen MR) is 78.5 cm³/mol. The van der Waals surface area contributed by atoms with Crippen LogP contribution in [0.25, 0.3) is 10.2 Å². The summed E-state index contributed by atoms with van der Waals surface area (Å²) in [6, 6.07) is 5.94. The molecule has 1 fully saturated rings. The van der Waals surface area contributed by atoms with Crippen LogP contribution in [0.3, 0.4) is 0 Å². The number of piperidine rings is 1. The van der Waals surface area contributed by atoms with Crippen LogP contribution in [0.5, 0.6) is 0 Å². The standard InChI is InChI=1S/C14H17ClN2S/c15-11-4-5-12-13(8-11)18-14(17-12)6-3-10-2-1-7-16-9-10/h4-5,8,10,16H,1-3,6-7,9H2. The Balaban J connectivity index is 1.67. The van der Waals surface area contributed by atoms with Gasteiger partial charge in [0.2, 0.25) is 0 Å². The molecule has 2 nitrogen and oxygen atoms in total. The zero-order chi connectivity index (χ0) is 12.4. The fourth-order valence-corrected chi connectivity index (χ4v) is 3.81. The van der Waals surface area contributed by atoms with Gasteiger partial charge in [0.15, 0.2) is 0 Å². The lowest BCUT2D eigenvalue weighted by Crippen LogP contribution is -2.29. The first-order chi connectivity index (χ1) is 8.81. The quantitative estimate of drug-likeness (QED) is 0.923. The van der Waals surface area contributed by atoms with E-state index >= 15 is 0 Å². The van der Waals surface area contributed by atoms with Gasteiger partial charge in [0, 0.05) is 5.02 Å². The van der Waals surface area contributed by atoms with E-state index in [1.165, 1.54) is 42.1 Å². The van der Waals surface area contributed by atoms with Gasteiger partial charge in [-0.25, -0.2) is 4.98 Å². The molecule has 1 aromatic carbocycles. The smallest absolute Gasteiger partial charge is 0.0938 e. The van der Waals surface area contributed by atoms with E-state index in [1.54, 1.807) is 11.3 Å². The molecule has 4 heteroatoms. The van der Waals surface area contributed by atoms with Crippen LogP contribution in [0.4, 0.5) is 0 Å². The number of aryl methyl sites for hydroxylation is 1. The van der Waals surface area contributed by atoms with Crippen molar-refractivity contribution in [3.05, 3.63) is 28.2 Å². The fourth-order valence-electron chi connectivity index (χ4n) is 2.55. The largest absolute Gasteiger partial charge is 0.316 e. The van der Waals surface area contributed by atoms with Crippen molar-refractivity contribution < 1.29 is 0 Å². The summed E-state index contributed by atoms with van der Waals surface area (Å²) in [5.74, 6) is 0.828. The lowest BCUT2D eigenvalue weighted by molar-refractivity contribution is 0.358. The first-order valence-electron chi connectivity index (χ1n) is 6.57. The summed E-state index contributed by atoms with van der Waals surface area (Å²) in [5, 5.41) is 5.52. The number of nitrogens with one attached hydrogen (secondary N) is 1. The van der Waals surface area contributed by atoms with Crippen LogP contribution >= 0.6 is 22.9 Å². The Hall–Kier alpha value is -0.640. The zero-order valence-corrected chi connectivity index (χ0v) is 11.9. The van der Waals surface area contributed by atoms with Crippen molar-refractivity contribution in [3.63, 3.8) is 0 Å². The molecule has 2 heterocycles. The van der Waals surface area contributed by atoms with Crippen molar-refractivity contribution in [3.8, 4) is 0 Å². The highest BCUT2D eigenvalue weighted by Crippen LogP contribution is 2.27. The molecule has 1 aromatic heterocycles. The van der Waals surface area contributed by atoms with Gasteiger partial charge in [-0.15, -0.1) is 11.3 Å². The Kier molecular flexibility index (Phi) is 3.83. The van der Waals surface area contributed by atoms with E-state index in [9.17, 15) is 0 Å². The molecule has 3 rings (SSSR count). The highest BCUT2D eigenvalue weighted by Gasteiger charge is 2.13. The van der Waals surface area contributed by atoms with Crippen LogP contribution in [-0.4, -0.2) is 18.1 Å². The summed E-state index contributed by atoms with van der Waals surface area (Å²) in [6.07, 6.45) is 5.04. The SMILES string of the molecule is Clc1ccc2nc(CCC3CCCNC3)sc2c1. The molecular weight excluding hydrogens is 264 g/mol. The monoisotopic (exact) mass is 280 g/mol. The van der Waals surface area contributed by atoms with E-state index in [0.717, 1.165) is 22.9 Å². The lowest BCUT2D eigenvalue weighted by Gasteiger charge is -2.21. The average Bonchev–Trinajstić information content (AvgIpc) is 2.79. The highest BCUT2D eigenvalue weighted by atomic mass is 35.5. The number of rotatable bonds is 3. The van der Waals surface area contributed by atoms with Gasteiger partial charge in [0.05, 0.1) is 15.2 Å². The van der Waals surface area contributed by atoms with Crippen LogP contribution in [0.15, 0.2) is 18.2 Å². The number of fused-ring (bicyclic) bond motifs is 1. The molecular formula is C14H17ClN2S. The van der Waals surface area contributed by atoms with Gasteiger partial charge in [-0.1, -0.05) is 11.6 Å². The molecule has 0 saturated carbocycles. The molecule has 0 aliphatic carbocycles. The van der Waals surface area contributed by atoms with Gasteiger partial charge in [-0.3, -0.25) is 0 Å².